The number of aliphatic hydroxyl groups excluding tert-OH is 1. The lowest BCUT2D eigenvalue weighted by Gasteiger charge is -2.22. The molecule has 0 saturated heterocycles. The largest absolute Gasteiger partial charge is 0.387 e. The topological polar surface area (TPSA) is 65.5 Å². The first-order chi connectivity index (χ1) is 16.1. The van der Waals surface area contributed by atoms with Gasteiger partial charge in [-0.05, 0) is 48.2 Å². The van der Waals surface area contributed by atoms with E-state index in [1.165, 1.54) is 0 Å². The number of aromatic nitrogens is 1. The molecule has 0 aliphatic heterocycles. The summed E-state index contributed by atoms with van der Waals surface area (Å²) in [7, 11) is 0. The highest BCUT2D eigenvalue weighted by atomic mass is 16.3. The fourth-order valence-corrected chi connectivity index (χ4v) is 3.72. The molecule has 3 rings (SSSR count). The van der Waals surface area contributed by atoms with Crippen LogP contribution in [0.2, 0.25) is 0 Å². The zero-order valence-corrected chi connectivity index (χ0v) is 19.0. The number of aliphatic hydroxyl groups is 1. The van der Waals surface area contributed by atoms with Crippen LogP contribution in [0.4, 0.5) is 0 Å². The Balaban J connectivity index is 1.59. The number of carbonyl (C=O) groups excluding carboxylic acids is 1. The van der Waals surface area contributed by atoms with Gasteiger partial charge in [0.15, 0.2) is 0 Å². The van der Waals surface area contributed by atoms with Gasteiger partial charge in [-0.2, -0.15) is 0 Å². The molecular weight excluding hydrogens is 410 g/mol. The van der Waals surface area contributed by atoms with Crippen LogP contribution in [0.25, 0.3) is 0 Å². The van der Waals surface area contributed by atoms with Gasteiger partial charge in [0.25, 0.3) is 5.91 Å². The Hall–Kier alpha value is -3.46. The zero-order chi connectivity index (χ0) is 23.5. The van der Waals surface area contributed by atoms with Gasteiger partial charge in [-0.1, -0.05) is 48.5 Å². The lowest BCUT2D eigenvalue weighted by atomic mass is 10.0. The van der Waals surface area contributed by atoms with Crippen molar-refractivity contribution in [3.05, 3.63) is 101 Å². The first kappa shape index (κ1) is 24.2. The molecule has 0 spiro atoms. The maximum absolute atomic E-state index is 13.0. The minimum Gasteiger partial charge on any atom is -0.387 e. The molecule has 2 atom stereocenters. The number of hydrogen-bond acceptors (Lipinski definition) is 4. The van der Waals surface area contributed by atoms with Crippen molar-refractivity contribution in [2.24, 2.45) is 0 Å². The first-order valence-corrected chi connectivity index (χ1v) is 11.3. The van der Waals surface area contributed by atoms with Crippen LogP contribution in [-0.2, 0) is 13.0 Å². The molecule has 33 heavy (non-hydrogen) atoms. The van der Waals surface area contributed by atoms with Gasteiger partial charge >= 0.3 is 0 Å². The van der Waals surface area contributed by atoms with Gasteiger partial charge in [0.1, 0.15) is 0 Å². The third-order valence-electron chi connectivity index (χ3n) is 5.60. The predicted molar refractivity (Wildman–Crippen MR) is 131 cm³/mol. The first-order valence-electron chi connectivity index (χ1n) is 11.3. The Morgan fingerprint density at radius 1 is 1.09 bits per heavy atom. The van der Waals surface area contributed by atoms with Gasteiger partial charge in [-0.25, -0.2) is 0 Å². The van der Waals surface area contributed by atoms with Crippen LogP contribution in [0.5, 0.6) is 0 Å². The number of amides is 1. The SMILES string of the molecule is C#CCC(Cc1ccc(C(=O)N(CC)Cc2cccnc2)cc1)NC[C@H](O)c1ccccc1. The predicted octanol–water partition coefficient (Wildman–Crippen LogP) is 4.00. The minimum absolute atomic E-state index is 0.00261. The Bertz CT molecular complexity index is 1030. The average molecular weight is 442 g/mol. The molecule has 1 aromatic heterocycles. The molecule has 1 unspecified atom stereocenters. The van der Waals surface area contributed by atoms with Crippen molar-refractivity contribution >= 4 is 5.91 Å². The molecule has 2 aromatic carbocycles. The quantitative estimate of drug-likeness (QED) is 0.442. The van der Waals surface area contributed by atoms with Crippen LogP contribution < -0.4 is 5.32 Å². The highest BCUT2D eigenvalue weighted by Crippen LogP contribution is 2.15. The Labute approximate surface area is 196 Å². The van der Waals surface area contributed by atoms with Crippen molar-refractivity contribution in [3.63, 3.8) is 0 Å². The van der Waals surface area contributed by atoms with Gasteiger partial charge in [0.2, 0.25) is 0 Å². The van der Waals surface area contributed by atoms with Crippen molar-refractivity contribution in [2.45, 2.75) is 38.5 Å². The third kappa shape index (κ3) is 7.28. The molecule has 5 nitrogen and oxygen atoms in total. The summed E-state index contributed by atoms with van der Waals surface area (Å²) >= 11 is 0. The Kier molecular flexibility index (Phi) is 9.19. The maximum atomic E-state index is 13.0. The number of nitrogens with zero attached hydrogens (tertiary/aromatic N) is 2. The van der Waals surface area contributed by atoms with E-state index in [4.69, 9.17) is 6.42 Å². The fourth-order valence-electron chi connectivity index (χ4n) is 3.72. The van der Waals surface area contributed by atoms with E-state index >= 15 is 0 Å². The number of hydrogen-bond donors (Lipinski definition) is 2. The van der Waals surface area contributed by atoms with Crippen LogP contribution in [0.3, 0.4) is 0 Å². The molecule has 0 bridgehead atoms. The molecule has 170 valence electrons. The van der Waals surface area contributed by atoms with Crippen LogP contribution in [0.15, 0.2) is 79.1 Å². The molecule has 1 heterocycles. The summed E-state index contributed by atoms with van der Waals surface area (Å²) in [6.07, 6.45) is 9.76. The number of carbonyl (C=O) groups is 1. The number of nitrogens with one attached hydrogen (secondary N) is 1. The van der Waals surface area contributed by atoms with Gasteiger partial charge < -0.3 is 15.3 Å². The Morgan fingerprint density at radius 2 is 1.85 bits per heavy atom. The van der Waals surface area contributed by atoms with Crippen LogP contribution in [-0.4, -0.2) is 40.0 Å². The summed E-state index contributed by atoms with van der Waals surface area (Å²) < 4.78 is 0. The van der Waals surface area contributed by atoms with E-state index in [2.05, 4.69) is 16.2 Å². The van der Waals surface area contributed by atoms with Crippen molar-refractivity contribution in [3.8, 4) is 12.3 Å². The highest BCUT2D eigenvalue weighted by molar-refractivity contribution is 5.94. The fraction of sp³-hybridized carbons (Fsp3) is 0.286. The summed E-state index contributed by atoms with van der Waals surface area (Å²) in [6.45, 7) is 3.55. The molecule has 1 amide bonds. The highest BCUT2D eigenvalue weighted by Gasteiger charge is 2.16. The van der Waals surface area contributed by atoms with E-state index in [-0.39, 0.29) is 11.9 Å². The van der Waals surface area contributed by atoms with E-state index in [9.17, 15) is 9.90 Å². The zero-order valence-electron chi connectivity index (χ0n) is 19.0. The maximum Gasteiger partial charge on any atom is 0.254 e. The van der Waals surface area contributed by atoms with E-state index in [1.807, 2.05) is 73.7 Å². The molecule has 0 saturated carbocycles. The number of pyridine rings is 1. The third-order valence-corrected chi connectivity index (χ3v) is 5.60. The Morgan fingerprint density at radius 3 is 2.48 bits per heavy atom. The number of terminal acetylenes is 1. The van der Waals surface area contributed by atoms with Crippen molar-refractivity contribution in [1.29, 1.82) is 0 Å². The molecular formula is C28H31N3O2. The summed E-state index contributed by atoms with van der Waals surface area (Å²) in [5.41, 5.74) is 3.62. The van der Waals surface area contributed by atoms with Crippen molar-refractivity contribution in [1.82, 2.24) is 15.2 Å². The molecule has 0 fully saturated rings. The van der Waals surface area contributed by atoms with E-state index in [0.29, 0.717) is 38.0 Å². The summed E-state index contributed by atoms with van der Waals surface area (Å²) in [5, 5.41) is 13.8. The normalized spacial score (nSPS) is 12.5. The van der Waals surface area contributed by atoms with Gasteiger partial charge in [-0.15, -0.1) is 12.3 Å². The van der Waals surface area contributed by atoms with Gasteiger partial charge in [0, 0.05) is 50.1 Å². The summed E-state index contributed by atoms with van der Waals surface area (Å²) in [4.78, 5) is 18.9. The minimum atomic E-state index is -0.591. The lowest BCUT2D eigenvalue weighted by molar-refractivity contribution is 0.0752. The standard InChI is InChI=1S/C28H31N3O2/c1-3-9-26(30-20-27(32)24-11-6-5-7-12-24)18-22-13-15-25(16-14-22)28(33)31(4-2)21-23-10-8-17-29-19-23/h1,5-8,10-17,19,26-27,30,32H,4,9,18,20-21H2,2H3/t26?,27-/m0/s1. The van der Waals surface area contributed by atoms with E-state index < -0.39 is 6.10 Å². The molecule has 0 aliphatic rings. The van der Waals surface area contributed by atoms with Gasteiger partial charge in [0.05, 0.1) is 6.10 Å². The molecule has 0 aliphatic carbocycles. The van der Waals surface area contributed by atoms with Crippen LogP contribution >= 0.6 is 0 Å². The van der Waals surface area contributed by atoms with Crippen LogP contribution in [0, 0.1) is 12.3 Å². The van der Waals surface area contributed by atoms with Crippen molar-refractivity contribution < 1.29 is 9.90 Å². The average Bonchev–Trinajstić information content (AvgIpc) is 2.87. The van der Waals surface area contributed by atoms with E-state index in [1.54, 1.807) is 17.3 Å². The molecule has 5 heteroatoms. The van der Waals surface area contributed by atoms with Crippen LogP contribution in [0.1, 0.15) is 46.5 Å². The lowest BCUT2D eigenvalue weighted by Crippen LogP contribution is -2.34. The van der Waals surface area contributed by atoms with Gasteiger partial charge in [-0.3, -0.25) is 9.78 Å². The molecule has 2 N–H and O–H groups in total. The molecule has 3 aromatic rings. The second kappa shape index (κ2) is 12.5. The monoisotopic (exact) mass is 441 g/mol. The van der Waals surface area contributed by atoms with E-state index in [0.717, 1.165) is 16.7 Å². The van der Waals surface area contributed by atoms with Crippen molar-refractivity contribution in [2.75, 3.05) is 13.1 Å². The summed E-state index contributed by atoms with van der Waals surface area (Å²) in [5.74, 6) is 2.71. The number of benzene rings is 2. The smallest absolute Gasteiger partial charge is 0.254 e. The number of rotatable bonds is 11. The molecule has 0 radical (unpaired) electrons. The second-order valence-electron chi connectivity index (χ2n) is 8.02. The second-order valence-corrected chi connectivity index (χ2v) is 8.02. The summed E-state index contributed by atoms with van der Waals surface area (Å²) in [6, 6.07) is 21.1.